The highest BCUT2D eigenvalue weighted by Crippen LogP contribution is 2.86. The molecule has 1 aromatic carbocycles. The molecule has 14 rings (SSSR count). The van der Waals surface area contributed by atoms with Crippen LogP contribution in [0.4, 0.5) is 0 Å². The van der Waals surface area contributed by atoms with E-state index in [0.29, 0.717) is 47.9 Å². The molecule has 7 nitrogen and oxygen atoms in total. The lowest BCUT2D eigenvalue weighted by Gasteiger charge is -2.71. The molecule has 12 unspecified atom stereocenters. The molecule has 4 fully saturated rings. The number of nitrogens with zero attached hydrogens (tertiary/aromatic N) is 2. The fraction of sp³-hybridized carbons (Fsp3) is 0.617. The van der Waals surface area contributed by atoms with Gasteiger partial charge in [0.25, 0.3) is 0 Å². The highest BCUT2D eigenvalue weighted by atomic mass is 16.6. The molecule has 2 spiro atoms. The molecule has 7 heteroatoms. The lowest BCUT2D eigenvalue weighted by Crippen LogP contribution is -2.76. The van der Waals surface area contributed by atoms with Gasteiger partial charge in [-0.1, -0.05) is 81.7 Å². The predicted molar refractivity (Wildman–Crippen MR) is 208 cm³/mol. The Morgan fingerprint density at radius 1 is 1.04 bits per heavy atom. The van der Waals surface area contributed by atoms with E-state index in [1.165, 1.54) is 23.1 Å². The number of ether oxygens (including phenoxy) is 2. The number of fused-ring (bicyclic) bond motifs is 2. The number of carbonyl (C=O) groups excluding carboxylic acids is 2. The minimum absolute atomic E-state index is 0.113. The number of hydrogen-bond acceptors (Lipinski definition) is 7. The molecular formula is C47H57N3O4. The van der Waals surface area contributed by atoms with Gasteiger partial charge in [0.2, 0.25) is 0 Å². The van der Waals surface area contributed by atoms with Crippen molar-refractivity contribution in [2.45, 2.75) is 109 Å². The first-order valence-corrected chi connectivity index (χ1v) is 21.7. The van der Waals surface area contributed by atoms with Crippen LogP contribution in [-0.2, 0) is 26.3 Å². The highest BCUT2D eigenvalue weighted by molar-refractivity contribution is 6.00. The Balaban J connectivity index is 1.19. The summed E-state index contributed by atoms with van der Waals surface area (Å²) in [6, 6.07) is 7.14. The molecule has 9 heterocycles. The molecule has 0 amide bonds. The quantitative estimate of drug-likeness (QED) is 0.288. The Bertz CT molecular complexity index is 2010. The third kappa shape index (κ3) is 3.87. The van der Waals surface area contributed by atoms with E-state index in [2.05, 4.69) is 79.2 Å². The van der Waals surface area contributed by atoms with Gasteiger partial charge in [0.1, 0.15) is 11.2 Å². The lowest BCUT2D eigenvalue weighted by atomic mass is 9.29. The summed E-state index contributed by atoms with van der Waals surface area (Å²) in [6.07, 6.45) is 22.6. The van der Waals surface area contributed by atoms with Gasteiger partial charge in [-0.05, 0) is 111 Å². The zero-order valence-corrected chi connectivity index (χ0v) is 32.4. The van der Waals surface area contributed by atoms with E-state index < -0.39 is 16.4 Å². The van der Waals surface area contributed by atoms with Crippen LogP contribution in [0.2, 0.25) is 0 Å². The van der Waals surface area contributed by atoms with Gasteiger partial charge in [-0.2, -0.15) is 0 Å². The fourth-order valence-electron chi connectivity index (χ4n) is 14.9. The van der Waals surface area contributed by atoms with Crippen LogP contribution < -0.4 is 5.73 Å². The maximum absolute atomic E-state index is 15.4. The van der Waals surface area contributed by atoms with Crippen molar-refractivity contribution >= 4 is 11.9 Å². The molecule has 54 heavy (non-hydrogen) atoms. The van der Waals surface area contributed by atoms with Crippen molar-refractivity contribution in [2.75, 3.05) is 26.2 Å². The average molecular weight is 728 g/mol. The summed E-state index contributed by atoms with van der Waals surface area (Å²) in [5.41, 5.74) is 11.8. The Labute approximate surface area is 320 Å². The Kier molecular flexibility index (Phi) is 7.40. The summed E-state index contributed by atoms with van der Waals surface area (Å²) in [5, 5.41) is 0. The number of esters is 2. The van der Waals surface area contributed by atoms with E-state index in [0.717, 1.165) is 101 Å². The number of carbonyl (C=O) groups is 2. The highest BCUT2D eigenvalue weighted by Gasteiger charge is 2.92. The van der Waals surface area contributed by atoms with Gasteiger partial charge in [0.05, 0.1) is 17.0 Å². The van der Waals surface area contributed by atoms with Crippen molar-refractivity contribution in [2.24, 2.45) is 52.1 Å². The van der Waals surface area contributed by atoms with Gasteiger partial charge in [-0.15, -0.1) is 0 Å². The smallest absolute Gasteiger partial charge is 0.339 e. The number of piperidine rings is 2. The van der Waals surface area contributed by atoms with Crippen molar-refractivity contribution in [3.8, 4) is 0 Å². The molecule has 1 aromatic rings. The molecule has 2 N–H and O–H groups in total. The second-order valence-corrected chi connectivity index (χ2v) is 18.8. The van der Waals surface area contributed by atoms with Crippen molar-refractivity contribution in [3.63, 3.8) is 0 Å². The molecule has 284 valence electrons. The first-order chi connectivity index (χ1) is 26.3. The van der Waals surface area contributed by atoms with E-state index >= 15 is 4.79 Å². The van der Waals surface area contributed by atoms with Gasteiger partial charge in [-0.3, -0.25) is 9.69 Å². The monoisotopic (exact) mass is 727 g/mol. The minimum Gasteiger partial charge on any atom is -0.449 e. The number of hydrogen-bond donors (Lipinski definition) is 1. The summed E-state index contributed by atoms with van der Waals surface area (Å²) in [6.45, 7) is 10.9. The van der Waals surface area contributed by atoms with Crippen molar-refractivity contribution < 1.29 is 19.1 Å². The van der Waals surface area contributed by atoms with Gasteiger partial charge < -0.3 is 20.1 Å². The number of allylic oxidation sites excluding steroid dienone is 5. The normalized spacial score (nSPS) is 42.9. The Hall–Kier alpha value is -3.42. The summed E-state index contributed by atoms with van der Waals surface area (Å²) < 4.78 is 13.9. The maximum atomic E-state index is 15.4. The molecule has 13 aliphatic rings. The lowest BCUT2D eigenvalue weighted by molar-refractivity contribution is -0.275. The average Bonchev–Trinajstić information content (AvgIpc) is 3.62. The van der Waals surface area contributed by atoms with E-state index in [4.69, 9.17) is 15.2 Å². The Morgan fingerprint density at radius 2 is 1.91 bits per heavy atom. The van der Waals surface area contributed by atoms with Gasteiger partial charge in [0, 0.05) is 48.8 Å². The summed E-state index contributed by atoms with van der Waals surface area (Å²) in [7, 11) is 0. The summed E-state index contributed by atoms with van der Waals surface area (Å²) >= 11 is 0. The third-order valence-corrected chi connectivity index (χ3v) is 16.5. The molecule has 0 radical (unpaired) electrons. The first-order valence-electron chi connectivity index (χ1n) is 21.7. The summed E-state index contributed by atoms with van der Waals surface area (Å²) in [5.74, 6) is 2.66. The van der Waals surface area contributed by atoms with E-state index in [1.54, 1.807) is 5.70 Å². The predicted octanol–water partition coefficient (Wildman–Crippen LogP) is 7.74. The first kappa shape index (κ1) is 33.9. The van der Waals surface area contributed by atoms with Crippen molar-refractivity contribution in [1.29, 1.82) is 0 Å². The van der Waals surface area contributed by atoms with Crippen molar-refractivity contribution in [1.82, 2.24) is 9.80 Å². The molecular weight excluding hydrogens is 671 g/mol. The van der Waals surface area contributed by atoms with Crippen LogP contribution in [0.25, 0.3) is 0 Å². The van der Waals surface area contributed by atoms with Crippen LogP contribution in [0, 0.1) is 46.3 Å². The number of rotatable bonds is 7. The van der Waals surface area contributed by atoms with Crippen LogP contribution in [0.15, 0.2) is 76.8 Å². The molecule has 12 atom stereocenters. The molecule has 1 saturated carbocycles. The van der Waals surface area contributed by atoms with Crippen LogP contribution in [0.1, 0.15) is 106 Å². The fourth-order valence-corrected chi connectivity index (χ4v) is 14.9. The second-order valence-electron chi connectivity index (χ2n) is 18.8. The van der Waals surface area contributed by atoms with E-state index in [-0.39, 0.29) is 23.8 Å². The van der Waals surface area contributed by atoms with Crippen LogP contribution >= 0.6 is 0 Å². The minimum atomic E-state index is -0.964. The zero-order valence-electron chi connectivity index (χ0n) is 32.4. The Morgan fingerprint density at radius 3 is 2.74 bits per heavy atom. The molecule has 12 bridgehead atoms. The zero-order chi connectivity index (χ0) is 36.7. The SMILES string of the molecule is CCCC1CC=C2OC(=O)C34C5=C(CCC23C2(OC(=O)c3c(CCCN)cccc32)C4CCC)C2C3=C(C=CC4C6CC(CN1C6)CN34)CC(C)C2C=C5. The summed E-state index contributed by atoms with van der Waals surface area (Å²) in [4.78, 5) is 35.6. The second kappa shape index (κ2) is 11.8. The van der Waals surface area contributed by atoms with Gasteiger partial charge >= 0.3 is 11.9 Å². The van der Waals surface area contributed by atoms with Crippen molar-refractivity contribution in [3.05, 3.63) is 93.4 Å². The molecule has 9 aliphatic heterocycles. The third-order valence-electron chi connectivity index (χ3n) is 16.5. The topological polar surface area (TPSA) is 85.1 Å². The van der Waals surface area contributed by atoms with E-state index in [9.17, 15) is 4.79 Å². The number of aryl methyl sites for hydroxylation is 1. The maximum Gasteiger partial charge on any atom is 0.339 e. The van der Waals surface area contributed by atoms with Gasteiger partial charge in [-0.25, -0.2) is 4.79 Å². The van der Waals surface area contributed by atoms with E-state index in [1.807, 2.05) is 0 Å². The van der Waals surface area contributed by atoms with Crippen LogP contribution in [0.5, 0.6) is 0 Å². The number of nitrogens with two attached hydrogens (primary N) is 1. The largest absolute Gasteiger partial charge is 0.449 e. The van der Waals surface area contributed by atoms with Crippen LogP contribution in [0.3, 0.4) is 0 Å². The van der Waals surface area contributed by atoms with Crippen LogP contribution in [-0.4, -0.2) is 60.0 Å². The van der Waals surface area contributed by atoms with Gasteiger partial charge in [0.15, 0.2) is 5.60 Å². The molecule has 3 saturated heterocycles. The molecule has 0 aromatic heterocycles. The standard InChI is InChI=1S/C47H57N3O4/c1-4-8-32-14-18-39-45-20-19-34-35(16-15-33-27(3)22-30-13-17-37-31-23-28(24-49(32)26-31)25-50(37)42(30)41(33)34)46(45,44(52)53-39)38(9-5-2)47(45)36-12-6-10-29(11-7-21-48)40(36)43(51)54-47/h6,10,12-13,15-18,27-28,31-33,37-38,41H,4-5,7-9,11,14,19-26,48H2,1-3H3. The number of benzene rings is 1. The molecule has 4 aliphatic carbocycles.